The molecule has 2 saturated heterocycles. The average Bonchev–Trinajstić information content (AvgIpc) is 2.68. The highest BCUT2D eigenvalue weighted by molar-refractivity contribution is 5.94. The highest BCUT2D eigenvalue weighted by Gasteiger charge is 2.42. The summed E-state index contributed by atoms with van der Waals surface area (Å²) in [6, 6.07) is 8.08. The molecule has 2 aliphatic rings. The Hall–Kier alpha value is -1.84. The molecule has 0 radical (unpaired) electrons. The number of benzene rings is 1. The topological polar surface area (TPSA) is 40.6 Å². The maximum Gasteiger partial charge on any atom is 0.253 e. The zero-order valence-corrected chi connectivity index (χ0v) is 17.2. The van der Waals surface area contributed by atoms with Gasteiger partial charge in [0.2, 0.25) is 5.91 Å². The molecular formula is C23H34N2O2. The molecule has 0 unspecified atom stereocenters. The Morgan fingerprint density at radius 1 is 1.15 bits per heavy atom. The van der Waals surface area contributed by atoms with Gasteiger partial charge in [-0.05, 0) is 49.3 Å². The standard InChI is InChI=1S/C23H34N2O2/c1-4-5-14-24-16-23(13-11-21(24)26)12-6-15-25(17-23)22(27)20-9-7-19(8-10-20)18(2)3/h7-10,18H,4-6,11-17H2,1-3H3/t23-/m1/s1. The summed E-state index contributed by atoms with van der Waals surface area (Å²) in [5, 5.41) is 0. The number of carbonyl (C=O) groups excluding carboxylic acids is 2. The fraction of sp³-hybridized carbons (Fsp3) is 0.652. The molecule has 3 rings (SSSR count). The zero-order valence-electron chi connectivity index (χ0n) is 17.2. The Balaban J connectivity index is 1.69. The van der Waals surface area contributed by atoms with Crippen molar-refractivity contribution in [3.8, 4) is 0 Å². The quantitative estimate of drug-likeness (QED) is 0.768. The largest absolute Gasteiger partial charge is 0.342 e. The predicted molar refractivity (Wildman–Crippen MR) is 109 cm³/mol. The number of likely N-dealkylation sites (tertiary alicyclic amines) is 2. The van der Waals surface area contributed by atoms with Crippen LogP contribution in [0.1, 0.15) is 81.1 Å². The van der Waals surface area contributed by atoms with Gasteiger partial charge in [0.1, 0.15) is 0 Å². The lowest BCUT2D eigenvalue weighted by molar-refractivity contribution is -0.139. The zero-order chi connectivity index (χ0) is 19.4. The van der Waals surface area contributed by atoms with E-state index in [1.54, 1.807) is 0 Å². The van der Waals surface area contributed by atoms with E-state index in [9.17, 15) is 9.59 Å². The van der Waals surface area contributed by atoms with Crippen LogP contribution in [0.5, 0.6) is 0 Å². The molecule has 1 atom stereocenters. The van der Waals surface area contributed by atoms with Crippen LogP contribution >= 0.6 is 0 Å². The van der Waals surface area contributed by atoms with Crippen molar-refractivity contribution in [2.24, 2.45) is 5.41 Å². The number of nitrogens with zero attached hydrogens (tertiary/aromatic N) is 2. The van der Waals surface area contributed by atoms with Gasteiger partial charge < -0.3 is 9.80 Å². The molecule has 2 aliphatic heterocycles. The number of carbonyl (C=O) groups is 2. The predicted octanol–water partition coefficient (Wildman–Crippen LogP) is 4.45. The van der Waals surface area contributed by atoms with Gasteiger partial charge >= 0.3 is 0 Å². The first-order valence-electron chi connectivity index (χ1n) is 10.6. The summed E-state index contributed by atoms with van der Waals surface area (Å²) < 4.78 is 0. The van der Waals surface area contributed by atoms with Gasteiger partial charge in [-0.3, -0.25) is 9.59 Å². The first kappa shape index (κ1) is 19.9. The second kappa shape index (κ2) is 8.45. The number of amides is 2. The lowest BCUT2D eigenvalue weighted by Crippen LogP contribution is -2.55. The van der Waals surface area contributed by atoms with Crippen LogP contribution in [0, 0.1) is 5.41 Å². The van der Waals surface area contributed by atoms with E-state index in [4.69, 9.17) is 0 Å². The van der Waals surface area contributed by atoms with Crippen LogP contribution < -0.4 is 0 Å². The molecule has 0 aromatic heterocycles. The third-order valence-corrected chi connectivity index (χ3v) is 6.30. The maximum atomic E-state index is 13.1. The van der Waals surface area contributed by atoms with Crippen LogP contribution in [0.4, 0.5) is 0 Å². The Morgan fingerprint density at radius 3 is 2.56 bits per heavy atom. The molecule has 2 fully saturated rings. The fourth-order valence-electron chi connectivity index (χ4n) is 4.56. The van der Waals surface area contributed by atoms with Gasteiger partial charge in [-0.15, -0.1) is 0 Å². The van der Waals surface area contributed by atoms with Gasteiger partial charge in [-0.2, -0.15) is 0 Å². The van der Waals surface area contributed by atoms with E-state index in [1.165, 1.54) is 5.56 Å². The van der Waals surface area contributed by atoms with E-state index in [1.807, 2.05) is 17.0 Å². The second-order valence-electron chi connectivity index (χ2n) is 8.78. The van der Waals surface area contributed by atoms with Crippen molar-refractivity contribution in [1.82, 2.24) is 9.80 Å². The Bertz CT molecular complexity index is 667. The number of hydrogen-bond donors (Lipinski definition) is 0. The van der Waals surface area contributed by atoms with Crippen LogP contribution in [0.2, 0.25) is 0 Å². The van der Waals surface area contributed by atoms with E-state index in [0.29, 0.717) is 18.2 Å². The van der Waals surface area contributed by atoms with E-state index in [-0.39, 0.29) is 11.3 Å². The third-order valence-electron chi connectivity index (χ3n) is 6.30. The van der Waals surface area contributed by atoms with Crippen molar-refractivity contribution in [3.63, 3.8) is 0 Å². The molecule has 0 aliphatic carbocycles. The summed E-state index contributed by atoms with van der Waals surface area (Å²) in [5.74, 6) is 0.907. The summed E-state index contributed by atoms with van der Waals surface area (Å²) >= 11 is 0. The number of rotatable bonds is 5. The van der Waals surface area contributed by atoms with Gasteiger partial charge in [-0.1, -0.05) is 39.3 Å². The number of piperidine rings is 2. The first-order chi connectivity index (χ1) is 12.9. The molecule has 0 bridgehead atoms. The van der Waals surface area contributed by atoms with E-state index in [0.717, 1.165) is 63.8 Å². The van der Waals surface area contributed by atoms with E-state index >= 15 is 0 Å². The van der Waals surface area contributed by atoms with Crippen LogP contribution in [0.25, 0.3) is 0 Å². The molecule has 2 heterocycles. The monoisotopic (exact) mass is 370 g/mol. The molecule has 0 saturated carbocycles. The molecule has 1 spiro atoms. The summed E-state index contributed by atoms with van der Waals surface area (Å²) in [5.41, 5.74) is 2.14. The molecule has 0 N–H and O–H groups in total. The molecular weight excluding hydrogens is 336 g/mol. The molecule has 2 amide bonds. The summed E-state index contributed by atoms with van der Waals surface area (Å²) in [6.45, 7) is 9.79. The SMILES string of the molecule is CCCCN1C[C@@]2(CCCN(C(=O)c3ccc(C(C)C)cc3)C2)CCC1=O. The molecule has 4 heteroatoms. The average molecular weight is 371 g/mol. The molecule has 27 heavy (non-hydrogen) atoms. The van der Waals surface area contributed by atoms with Crippen molar-refractivity contribution in [3.05, 3.63) is 35.4 Å². The smallest absolute Gasteiger partial charge is 0.253 e. The third kappa shape index (κ3) is 4.53. The minimum absolute atomic E-state index is 0.0907. The first-order valence-corrected chi connectivity index (χ1v) is 10.6. The Labute approximate surface area is 163 Å². The van der Waals surface area contributed by atoms with Crippen LogP contribution in [-0.2, 0) is 4.79 Å². The summed E-state index contributed by atoms with van der Waals surface area (Å²) in [6.07, 6.45) is 5.88. The van der Waals surface area contributed by atoms with Crippen molar-refractivity contribution in [1.29, 1.82) is 0 Å². The van der Waals surface area contributed by atoms with E-state index in [2.05, 4.69) is 37.8 Å². The number of hydrogen-bond acceptors (Lipinski definition) is 2. The van der Waals surface area contributed by atoms with Crippen LogP contribution in [0.3, 0.4) is 0 Å². The fourth-order valence-corrected chi connectivity index (χ4v) is 4.56. The number of unbranched alkanes of at least 4 members (excludes halogenated alkanes) is 1. The Kier molecular flexibility index (Phi) is 6.23. The lowest BCUT2D eigenvalue weighted by atomic mass is 9.73. The van der Waals surface area contributed by atoms with Crippen LogP contribution in [-0.4, -0.2) is 47.8 Å². The Morgan fingerprint density at radius 2 is 1.89 bits per heavy atom. The molecule has 148 valence electrons. The molecule has 1 aromatic rings. The molecule has 4 nitrogen and oxygen atoms in total. The van der Waals surface area contributed by atoms with Crippen molar-refractivity contribution in [2.45, 2.75) is 65.2 Å². The van der Waals surface area contributed by atoms with Crippen molar-refractivity contribution < 1.29 is 9.59 Å². The van der Waals surface area contributed by atoms with Crippen molar-refractivity contribution >= 4 is 11.8 Å². The van der Waals surface area contributed by atoms with Crippen molar-refractivity contribution in [2.75, 3.05) is 26.2 Å². The van der Waals surface area contributed by atoms with Gasteiger partial charge in [0.15, 0.2) is 0 Å². The maximum absolute atomic E-state index is 13.1. The van der Waals surface area contributed by atoms with E-state index < -0.39 is 0 Å². The normalized spacial score (nSPS) is 23.3. The second-order valence-corrected chi connectivity index (χ2v) is 8.78. The van der Waals surface area contributed by atoms with Gasteiger partial charge in [0.25, 0.3) is 5.91 Å². The lowest BCUT2D eigenvalue weighted by Gasteiger charge is -2.48. The van der Waals surface area contributed by atoms with Gasteiger partial charge in [0.05, 0.1) is 0 Å². The summed E-state index contributed by atoms with van der Waals surface area (Å²) in [7, 11) is 0. The minimum Gasteiger partial charge on any atom is -0.342 e. The minimum atomic E-state index is 0.0907. The summed E-state index contributed by atoms with van der Waals surface area (Å²) in [4.78, 5) is 29.4. The molecule has 1 aromatic carbocycles. The highest BCUT2D eigenvalue weighted by atomic mass is 16.2. The van der Waals surface area contributed by atoms with Gasteiger partial charge in [-0.25, -0.2) is 0 Å². The van der Waals surface area contributed by atoms with Gasteiger partial charge in [0, 0.05) is 43.6 Å². The highest BCUT2D eigenvalue weighted by Crippen LogP contribution is 2.39. The van der Waals surface area contributed by atoms with Crippen LogP contribution in [0.15, 0.2) is 24.3 Å².